The molecular formula is C71H133NO5. The maximum atomic E-state index is 12.5. The number of hydrogen-bond acceptors (Lipinski definition) is 5. The molecule has 77 heavy (non-hydrogen) atoms. The van der Waals surface area contributed by atoms with Crippen LogP contribution in [0, 0.1) is 0 Å². The molecule has 0 aromatic carbocycles. The Balaban J connectivity index is 3.37. The molecule has 0 radical (unpaired) electrons. The van der Waals surface area contributed by atoms with E-state index in [1.165, 1.54) is 289 Å². The molecule has 6 heteroatoms. The Kier molecular flexibility index (Phi) is 64.5. The van der Waals surface area contributed by atoms with Crippen LogP contribution in [0.15, 0.2) is 48.6 Å². The highest BCUT2D eigenvalue weighted by molar-refractivity contribution is 5.76. The van der Waals surface area contributed by atoms with Gasteiger partial charge in [0.15, 0.2) is 0 Å². The lowest BCUT2D eigenvalue weighted by atomic mass is 10.0. The normalized spacial score (nSPS) is 12.8. The number of hydrogen-bond donors (Lipinski definition) is 3. The van der Waals surface area contributed by atoms with Crippen molar-refractivity contribution in [2.24, 2.45) is 0 Å². The second kappa shape index (κ2) is 66.3. The van der Waals surface area contributed by atoms with Gasteiger partial charge in [0.05, 0.1) is 25.4 Å². The largest absolute Gasteiger partial charge is 0.466 e. The van der Waals surface area contributed by atoms with E-state index < -0.39 is 12.1 Å². The molecule has 6 nitrogen and oxygen atoms in total. The number of carbonyl (C=O) groups is 2. The molecule has 0 heterocycles. The molecule has 1 amide bonds. The molecule has 0 aromatic heterocycles. The molecule has 0 aliphatic carbocycles. The van der Waals surface area contributed by atoms with Gasteiger partial charge in [0.1, 0.15) is 0 Å². The number of ether oxygens (including phenoxy) is 1. The fraction of sp³-hybridized carbons (Fsp3) is 0.859. The van der Waals surface area contributed by atoms with Gasteiger partial charge in [-0.1, -0.05) is 313 Å². The molecule has 0 spiro atoms. The first kappa shape index (κ1) is 74.8. The molecule has 0 rings (SSSR count). The van der Waals surface area contributed by atoms with Gasteiger partial charge < -0.3 is 20.3 Å². The minimum Gasteiger partial charge on any atom is -0.466 e. The minimum atomic E-state index is -0.843. The number of carbonyl (C=O) groups excluding carboxylic acids is 2. The van der Waals surface area contributed by atoms with Crippen molar-refractivity contribution in [1.29, 1.82) is 0 Å². The topological polar surface area (TPSA) is 95.9 Å². The molecule has 0 aliphatic heterocycles. The van der Waals surface area contributed by atoms with Gasteiger partial charge in [-0.3, -0.25) is 9.59 Å². The van der Waals surface area contributed by atoms with Gasteiger partial charge in [0, 0.05) is 12.8 Å². The van der Waals surface area contributed by atoms with Crippen molar-refractivity contribution in [3.63, 3.8) is 0 Å². The standard InChI is InChI=1S/C71H133NO5/c1-3-5-7-9-11-13-15-17-18-37-41-45-49-53-57-61-65-71(76)77-66-62-58-54-50-46-42-38-35-33-31-29-27-25-23-21-19-20-22-24-26-28-30-32-34-36-40-44-48-52-56-60-64-70(75)72-68(67-73)69(74)63-59-55-51-47-43-39-16-14-12-10-8-6-4-2/h13,15,18,21,23,37,59,63,68-69,73-74H,3-12,14,16-17,19-20,22,24-36,38-58,60-62,64-67H2,1-2H3,(H,72,75)/b15-13-,23-21-,37-18-,63-59+. The highest BCUT2D eigenvalue weighted by Gasteiger charge is 2.18. The van der Waals surface area contributed by atoms with Gasteiger partial charge in [0.2, 0.25) is 5.91 Å². The van der Waals surface area contributed by atoms with Crippen LogP contribution in [0.4, 0.5) is 0 Å². The summed E-state index contributed by atoms with van der Waals surface area (Å²) in [5, 5.41) is 23.1. The molecule has 0 aromatic rings. The molecule has 0 bridgehead atoms. The number of amides is 1. The Morgan fingerprint density at radius 3 is 1.01 bits per heavy atom. The maximum absolute atomic E-state index is 12.5. The number of rotatable bonds is 64. The van der Waals surface area contributed by atoms with Gasteiger partial charge in [0.25, 0.3) is 0 Å². The summed E-state index contributed by atoms with van der Waals surface area (Å²) < 4.78 is 5.49. The minimum absolute atomic E-state index is 0.00383. The van der Waals surface area contributed by atoms with Crippen LogP contribution in [0.2, 0.25) is 0 Å². The summed E-state index contributed by atoms with van der Waals surface area (Å²) in [5.41, 5.74) is 0. The summed E-state index contributed by atoms with van der Waals surface area (Å²) in [6.45, 7) is 4.89. The number of aliphatic hydroxyl groups is 2. The quantitative estimate of drug-likeness (QED) is 0.0320. The summed E-state index contributed by atoms with van der Waals surface area (Å²) in [5.74, 6) is -0.0615. The van der Waals surface area contributed by atoms with Crippen LogP contribution < -0.4 is 5.32 Å². The Hall–Kier alpha value is -2.18. The Bertz CT molecular complexity index is 1290. The predicted octanol–water partition coefficient (Wildman–Crippen LogP) is 22.1. The van der Waals surface area contributed by atoms with Gasteiger partial charge in [-0.15, -0.1) is 0 Å². The summed E-state index contributed by atoms with van der Waals surface area (Å²) in [4.78, 5) is 24.5. The van der Waals surface area contributed by atoms with E-state index in [-0.39, 0.29) is 18.5 Å². The number of nitrogens with one attached hydrogen (secondary N) is 1. The molecule has 452 valence electrons. The number of unbranched alkanes of at least 4 members (excludes halogenated alkanes) is 47. The van der Waals surface area contributed by atoms with E-state index in [0.717, 1.165) is 51.4 Å². The van der Waals surface area contributed by atoms with Crippen molar-refractivity contribution in [1.82, 2.24) is 5.32 Å². The van der Waals surface area contributed by atoms with Gasteiger partial charge >= 0.3 is 5.97 Å². The van der Waals surface area contributed by atoms with Crippen molar-refractivity contribution < 1.29 is 24.5 Å². The van der Waals surface area contributed by atoms with Gasteiger partial charge in [-0.05, 0) is 89.9 Å². The smallest absolute Gasteiger partial charge is 0.305 e. The van der Waals surface area contributed by atoms with Crippen LogP contribution in [-0.2, 0) is 14.3 Å². The SMILES string of the molecule is CCCCCC/C=C\C/C=C\CCCCCCCC(=O)OCCCCCCCCCCCCCC/C=C\CCCCCCCCCCCCCCCCCC(=O)NC(CO)C(O)/C=C/CCCCCCCCCCCCC. The van der Waals surface area contributed by atoms with Crippen LogP contribution in [-0.4, -0.2) is 47.4 Å². The van der Waals surface area contributed by atoms with Crippen LogP contribution in [0.25, 0.3) is 0 Å². The van der Waals surface area contributed by atoms with Crippen LogP contribution in [0.5, 0.6) is 0 Å². The van der Waals surface area contributed by atoms with Crippen LogP contribution in [0.3, 0.4) is 0 Å². The zero-order valence-electron chi connectivity index (χ0n) is 51.7. The molecule has 0 aliphatic rings. The van der Waals surface area contributed by atoms with E-state index in [0.29, 0.717) is 19.4 Å². The first-order valence-electron chi connectivity index (χ1n) is 34.4. The van der Waals surface area contributed by atoms with Crippen LogP contribution >= 0.6 is 0 Å². The van der Waals surface area contributed by atoms with E-state index in [4.69, 9.17) is 4.74 Å². The molecule has 0 saturated heterocycles. The van der Waals surface area contributed by atoms with Crippen molar-refractivity contribution in [3.8, 4) is 0 Å². The van der Waals surface area contributed by atoms with E-state index in [2.05, 4.69) is 55.6 Å². The van der Waals surface area contributed by atoms with Gasteiger partial charge in [-0.25, -0.2) is 0 Å². The van der Waals surface area contributed by atoms with Crippen molar-refractivity contribution in [2.75, 3.05) is 13.2 Å². The Morgan fingerprint density at radius 1 is 0.364 bits per heavy atom. The summed E-state index contributed by atoms with van der Waals surface area (Å²) in [6.07, 6.45) is 86.2. The number of esters is 1. The molecule has 0 saturated carbocycles. The van der Waals surface area contributed by atoms with Crippen LogP contribution in [0.1, 0.15) is 367 Å². The van der Waals surface area contributed by atoms with E-state index in [9.17, 15) is 19.8 Å². The monoisotopic (exact) mass is 1080 g/mol. The third kappa shape index (κ3) is 62.9. The zero-order chi connectivity index (χ0) is 55.7. The van der Waals surface area contributed by atoms with E-state index >= 15 is 0 Å². The summed E-state index contributed by atoms with van der Waals surface area (Å²) >= 11 is 0. The molecule has 3 N–H and O–H groups in total. The second-order valence-corrected chi connectivity index (χ2v) is 23.5. The van der Waals surface area contributed by atoms with E-state index in [1.807, 2.05) is 6.08 Å². The Labute approximate surface area is 480 Å². The second-order valence-electron chi connectivity index (χ2n) is 23.5. The molecule has 0 fully saturated rings. The average Bonchev–Trinajstić information content (AvgIpc) is 3.43. The number of aliphatic hydroxyl groups excluding tert-OH is 2. The molecular weight excluding hydrogens is 947 g/mol. The predicted molar refractivity (Wildman–Crippen MR) is 338 cm³/mol. The highest BCUT2D eigenvalue weighted by atomic mass is 16.5. The third-order valence-corrected chi connectivity index (χ3v) is 15.8. The third-order valence-electron chi connectivity index (χ3n) is 15.8. The molecule has 2 atom stereocenters. The van der Waals surface area contributed by atoms with Crippen molar-refractivity contribution in [3.05, 3.63) is 48.6 Å². The first-order valence-corrected chi connectivity index (χ1v) is 34.4. The summed E-state index contributed by atoms with van der Waals surface area (Å²) in [6, 6.07) is -0.626. The average molecular weight is 1080 g/mol. The lowest BCUT2D eigenvalue weighted by Crippen LogP contribution is -2.45. The van der Waals surface area contributed by atoms with Gasteiger partial charge in [-0.2, -0.15) is 0 Å². The zero-order valence-corrected chi connectivity index (χ0v) is 51.7. The Morgan fingerprint density at radius 2 is 0.649 bits per heavy atom. The number of allylic oxidation sites excluding steroid dienone is 7. The fourth-order valence-corrected chi connectivity index (χ4v) is 10.5. The first-order chi connectivity index (χ1) is 38.0. The van der Waals surface area contributed by atoms with E-state index in [1.54, 1.807) is 6.08 Å². The summed E-state index contributed by atoms with van der Waals surface area (Å²) in [7, 11) is 0. The lowest BCUT2D eigenvalue weighted by Gasteiger charge is -2.20. The molecule has 2 unspecified atom stereocenters. The lowest BCUT2D eigenvalue weighted by molar-refractivity contribution is -0.143. The van der Waals surface area contributed by atoms with Crippen molar-refractivity contribution >= 4 is 11.9 Å². The fourth-order valence-electron chi connectivity index (χ4n) is 10.5. The highest BCUT2D eigenvalue weighted by Crippen LogP contribution is 2.18. The van der Waals surface area contributed by atoms with Crippen molar-refractivity contribution in [2.45, 2.75) is 379 Å². The maximum Gasteiger partial charge on any atom is 0.305 e.